The smallest absolute Gasteiger partial charge is 0.130 e. The highest BCUT2D eigenvalue weighted by molar-refractivity contribution is 5.39. The molecule has 3 nitrogen and oxygen atoms in total. The van der Waals surface area contributed by atoms with Crippen molar-refractivity contribution in [2.75, 3.05) is 20.8 Å². The molecule has 2 unspecified atom stereocenters. The number of ether oxygens (including phenoxy) is 2. The van der Waals surface area contributed by atoms with Crippen LogP contribution in [0.3, 0.4) is 0 Å². The van der Waals surface area contributed by atoms with Crippen molar-refractivity contribution in [1.29, 1.82) is 0 Å². The Bertz CT molecular complexity index is 360. The molecule has 0 bridgehead atoms. The lowest BCUT2D eigenvalue weighted by molar-refractivity contribution is 0.188. The van der Waals surface area contributed by atoms with E-state index in [1.165, 1.54) is 0 Å². The molecule has 1 rings (SSSR count). The Hall–Kier alpha value is -1.29. The second-order valence-corrected chi connectivity index (χ2v) is 4.69. The molecule has 0 heterocycles. The Morgan fingerprint density at radius 3 is 1.94 bits per heavy atom. The Labute approximate surface area is 108 Å². The molecular weight excluding hydrogens is 233 g/mol. The predicted octanol–water partition coefficient (Wildman–Crippen LogP) is 2.95. The average Bonchev–Trinajstić information content (AvgIpc) is 2.38. The zero-order chi connectivity index (χ0) is 13.7. The molecule has 0 fully saturated rings. The number of halogens is 1. The molecule has 2 N–H and O–H groups in total. The van der Waals surface area contributed by atoms with Crippen LogP contribution in [0.25, 0.3) is 0 Å². The van der Waals surface area contributed by atoms with Gasteiger partial charge in [0.2, 0.25) is 0 Å². The third-order valence-corrected chi connectivity index (χ3v) is 3.20. The van der Waals surface area contributed by atoms with Gasteiger partial charge in [-0.25, -0.2) is 4.39 Å². The molecule has 0 saturated carbocycles. The van der Waals surface area contributed by atoms with Gasteiger partial charge in [0, 0.05) is 12.0 Å². The number of rotatable bonds is 6. The van der Waals surface area contributed by atoms with Crippen molar-refractivity contribution in [3.63, 3.8) is 0 Å². The van der Waals surface area contributed by atoms with Crippen LogP contribution in [0.1, 0.15) is 25.6 Å². The van der Waals surface area contributed by atoms with Gasteiger partial charge >= 0.3 is 0 Å². The molecule has 0 aliphatic rings. The van der Waals surface area contributed by atoms with E-state index in [1.54, 1.807) is 32.4 Å². The number of nitrogens with two attached hydrogens (primary N) is 1. The summed E-state index contributed by atoms with van der Waals surface area (Å²) >= 11 is 0. The Morgan fingerprint density at radius 1 is 1.11 bits per heavy atom. The van der Waals surface area contributed by atoms with Crippen LogP contribution in [0.4, 0.5) is 4.39 Å². The van der Waals surface area contributed by atoms with E-state index in [1.807, 2.05) is 13.8 Å². The first-order chi connectivity index (χ1) is 8.53. The van der Waals surface area contributed by atoms with E-state index in [2.05, 4.69) is 0 Å². The molecule has 2 atom stereocenters. The highest BCUT2D eigenvalue weighted by Gasteiger charge is 2.25. The van der Waals surface area contributed by atoms with Crippen LogP contribution < -0.4 is 15.2 Å². The summed E-state index contributed by atoms with van der Waals surface area (Å²) in [5.41, 5.74) is 6.20. The lowest BCUT2D eigenvalue weighted by atomic mass is 9.87. The Kier molecular flexibility index (Phi) is 5.41. The summed E-state index contributed by atoms with van der Waals surface area (Å²) in [6.07, 6.45) is -1.11. The summed E-state index contributed by atoms with van der Waals surface area (Å²) in [5.74, 6) is 1.15. The third kappa shape index (κ3) is 3.35. The molecule has 0 amide bonds. The van der Waals surface area contributed by atoms with Crippen LogP contribution in [0.2, 0.25) is 0 Å². The maximum Gasteiger partial charge on any atom is 0.130 e. The summed E-state index contributed by atoms with van der Waals surface area (Å²) in [4.78, 5) is 0. The number of alkyl halides is 1. The fourth-order valence-corrected chi connectivity index (χ4v) is 1.97. The standard InChI is InChI=1S/C14H22FNO2/c1-9(2)13(8-16)14(15)10-5-11(17-3)7-12(6-10)18-4/h5-7,9,13-14H,8,16H2,1-4H3. The van der Waals surface area contributed by atoms with Crippen LogP contribution in [0.15, 0.2) is 18.2 Å². The molecule has 4 heteroatoms. The molecule has 18 heavy (non-hydrogen) atoms. The van der Waals surface area contributed by atoms with Crippen LogP contribution in [0, 0.1) is 11.8 Å². The van der Waals surface area contributed by atoms with Crippen molar-refractivity contribution in [3.8, 4) is 11.5 Å². The molecule has 0 aromatic heterocycles. The van der Waals surface area contributed by atoms with Crippen LogP contribution >= 0.6 is 0 Å². The van der Waals surface area contributed by atoms with Gasteiger partial charge in [0.15, 0.2) is 0 Å². The van der Waals surface area contributed by atoms with E-state index in [-0.39, 0.29) is 11.8 Å². The SMILES string of the molecule is COc1cc(OC)cc(C(F)C(CN)C(C)C)c1. The Morgan fingerprint density at radius 2 is 1.61 bits per heavy atom. The van der Waals surface area contributed by atoms with Gasteiger partial charge in [0.05, 0.1) is 14.2 Å². The van der Waals surface area contributed by atoms with Crippen molar-refractivity contribution in [3.05, 3.63) is 23.8 Å². The lowest BCUT2D eigenvalue weighted by Crippen LogP contribution is -2.24. The van der Waals surface area contributed by atoms with E-state index < -0.39 is 6.17 Å². The van der Waals surface area contributed by atoms with Crippen molar-refractivity contribution in [1.82, 2.24) is 0 Å². The van der Waals surface area contributed by atoms with Gasteiger partial charge in [-0.15, -0.1) is 0 Å². The summed E-state index contributed by atoms with van der Waals surface area (Å²) in [6.45, 7) is 4.27. The van der Waals surface area contributed by atoms with Crippen molar-refractivity contribution in [2.24, 2.45) is 17.6 Å². The summed E-state index contributed by atoms with van der Waals surface area (Å²) in [5, 5.41) is 0. The highest BCUT2D eigenvalue weighted by Crippen LogP contribution is 2.35. The van der Waals surface area contributed by atoms with Gasteiger partial charge in [0.1, 0.15) is 17.7 Å². The third-order valence-electron chi connectivity index (χ3n) is 3.20. The Balaban J connectivity index is 3.06. The number of hydrogen-bond acceptors (Lipinski definition) is 3. The van der Waals surface area contributed by atoms with Gasteiger partial charge < -0.3 is 15.2 Å². The van der Waals surface area contributed by atoms with E-state index in [9.17, 15) is 4.39 Å². The number of benzene rings is 1. The van der Waals surface area contributed by atoms with Crippen molar-refractivity contribution >= 4 is 0 Å². The van der Waals surface area contributed by atoms with Crippen molar-refractivity contribution < 1.29 is 13.9 Å². The molecule has 0 radical (unpaired) electrons. The van der Waals surface area contributed by atoms with E-state index in [0.717, 1.165) is 0 Å². The average molecular weight is 255 g/mol. The second kappa shape index (κ2) is 6.59. The largest absolute Gasteiger partial charge is 0.497 e. The van der Waals surface area contributed by atoms with Crippen LogP contribution in [-0.4, -0.2) is 20.8 Å². The quantitative estimate of drug-likeness (QED) is 0.850. The first kappa shape index (κ1) is 14.8. The first-order valence-electron chi connectivity index (χ1n) is 6.10. The van der Waals surface area contributed by atoms with Gasteiger partial charge in [-0.1, -0.05) is 13.8 Å². The molecule has 0 saturated heterocycles. The summed E-state index contributed by atoms with van der Waals surface area (Å²) < 4.78 is 24.8. The zero-order valence-electron chi connectivity index (χ0n) is 11.4. The molecule has 1 aromatic rings. The molecule has 1 aromatic carbocycles. The minimum absolute atomic E-state index is 0.183. The number of hydrogen-bond donors (Lipinski definition) is 1. The van der Waals surface area contributed by atoms with Crippen molar-refractivity contribution in [2.45, 2.75) is 20.0 Å². The molecule has 0 spiro atoms. The normalized spacial score (nSPS) is 14.4. The second-order valence-electron chi connectivity index (χ2n) is 4.69. The zero-order valence-corrected chi connectivity index (χ0v) is 11.4. The maximum atomic E-state index is 14.5. The van der Waals surface area contributed by atoms with Gasteiger partial charge in [0.25, 0.3) is 0 Å². The first-order valence-corrected chi connectivity index (χ1v) is 6.10. The van der Waals surface area contributed by atoms with Crippen LogP contribution in [-0.2, 0) is 0 Å². The molecule has 102 valence electrons. The summed E-state index contributed by atoms with van der Waals surface area (Å²) in [6, 6.07) is 5.11. The van der Waals surface area contributed by atoms with Gasteiger partial charge in [-0.3, -0.25) is 0 Å². The van der Waals surface area contributed by atoms with Crippen LogP contribution in [0.5, 0.6) is 11.5 Å². The predicted molar refractivity (Wildman–Crippen MR) is 70.8 cm³/mol. The monoisotopic (exact) mass is 255 g/mol. The van der Waals surface area contributed by atoms with E-state index in [0.29, 0.717) is 23.6 Å². The molecular formula is C14H22FNO2. The highest BCUT2D eigenvalue weighted by atomic mass is 19.1. The molecule has 0 aliphatic carbocycles. The summed E-state index contributed by atoms with van der Waals surface area (Å²) in [7, 11) is 3.10. The minimum Gasteiger partial charge on any atom is -0.497 e. The van der Waals surface area contributed by atoms with E-state index >= 15 is 0 Å². The fourth-order valence-electron chi connectivity index (χ4n) is 1.97. The topological polar surface area (TPSA) is 44.5 Å². The molecule has 0 aliphatic heterocycles. The minimum atomic E-state index is -1.11. The van der Waals surface area contributed by atoms with Gasteiger partial charge in [-0.05, 0) is 30.2 Å². The lowest BCUT2D eigenvalue weighted by Gasteiger charge is -2.24. The maximum absolute atomic E-state index is 14.5. The number of methoxy groups -OCH3 is 2. The van der Waals surface area contributed by atoms with E-state index in [4.69, 9.17) is 15.2 Å². The fraction of sp³-hybridized carbons (Fsp3) is 0.571. The van der Waals surface area contributed by atoms with Gasteiger partial charge in [-0.2, -0.15) is 0 Å².